The Balaban J connectivity index is 1.29. The smallest absolute Gasteiger partial charge is 0.251 e. The summed E-state index contributed by atoms with van der Waals surface area (Å²) in [6.45, 7) is 9.36. The number of carbonyl (C=O) groups excluding carboxylic acids is 1. The molecular weight excluding hydrogens is 551 g/mol. The maximum absolute atomic E-state index is 13.7. The summed E-state index contributed by atoms with van der Waals surface area (Å²) in [5, 5.41) is 18.4. The molecule has 2 atom stereocenters. The molecule has 1 aliphatic carbocycles. The van der Waals surface area contributed by atoms with Crippen LogP contribution in [0.3, 0.4) is 0 Å². The van der Waals surface area contributed by atoms with Gasteiger partial charge < -0.3 is 30.2 Å². The fraction of sp³-hybridized carbons (Fsp3) is 0.303. The Labute approximate surface area is 248 Å². The minimum atomic E-state index is -1.59. The Morgan fingerprint density at radius 3 is 2.63 bits per heavy atom. The van der Waals surface area contributed by atoms with E-state index in [1.807, 2.05) is 19.9 Å². The molecule has 3 heterocycles. The van der Waals surface area contributed by atoms with Crippen LogP contribution in [0.5, 0.6) is 11.5 Å². The van der Waals surface area contributed by atoms with E-state index >= 15 is 0 Å². The van der Waals surface area contributed by atoms with Gasteiger partial charge in [0.05, 0.1) is 29.5 Å². The second kappa shape index (κ2) is 10.5. The van der Waals surface area contributed by atoms with Crippen molar-refractivity contribution in [3.05, 3.63) is 95.4 Å². The van der Waals surface area contributed by atoms with E-state index < -0.39 is 16.9 Å². The zero-order valence-electron chi connectivity index (χ0n) is 24.2. The van der Waals surface area contributed by atoms with E-state index in [0.717, 1.165) is 29.7 Å². The summed E-state index contributed by atoms with van der Waals surface area (Å²) in [6, 6.07) is 12.8. The van der Waals surface area contributed by atoms with Crippen LogP contribution in [-0.2, 0) is 11.0 Å². The maximum Gasteiger partial charge on any atom is 0.251 e. The van der Waals surface area contributed by atoms with Gasteiger partial charge in [-0.25, -0.2) is 9.37 Å². The molecule has 0 spiro atoms. The number of aryl methyl sites for hydroxylation is 1. The molecule has 10 heteroatoms. The van der Waals surface area contributed by atoms with Crippen molar-refractivity contribution in [2.45, 2.75) is 50.7 Å². The van der Waals surface area contributed by atoms with Gasteiger partial charge in [-0.05, 0) is 82.1 Å². The first-order valence-corrected chi connectivity index (χ1v) is 14.1. The second-order valence-electron chi connectivity index (χ2n) is 11.7. The lowest BCUT2D eigenvalue weighted by atomic mass is 9.80. The Kier molecular flexibility index (Phi) is 6.96. The molecule has 2 aromatic carbocycles. The molecule has 2 aromatic heterocycles. The van der Waals surface area contributed by atoms with Gasteiger partial charge in [-0.3, -0.25) is 4.79 Å². The monoisotopic (exact) mass is 584 g/mol. The third-order valence-corrected chi connectivity index (χ3v) is 8.15. The summed E-state index contributed by atoms with van der Waals surface area (Å²) in [7, 11) is 0. The van der Waals surface area contributed by atoms with Gasteiger partial charge in [0.1, 0.15) is 41.5 Å². The fourth-order valence-electron chi connectivity index (χ4n) is 5.07. The number of halogens is 1. The minimum absolute atomic E-state index is 0.110. The van der Waals surface area contributed by atoms with Gasteiger partial charge in [0.15, 0.2) is 0 Å². The lowest BCUT2D eigenvalue weighted by molar-refractivity contribution is 0.0489. The van der Waals surface area contributed by atoms with Crippen molar-refractivity contribution in [1.29, 1.82) is 0 Å². The molecule has 43 heavy (non-hydrogen) atoms. The van der Waals surface area contributed by atoms with Crippen molar-refractivity contribution in [1.82, 2.24) is 15.5 Å². The number of aliphatic hydroxyl groups is 1. The molecule has 0 saturated heterocycles. The van der Waals surface area contributed by atoms with Crippen LogP contribution in [0.25, 0.3) is 22.4 Å². The molecule has 4 aromatic rings. The van der Waals surface area contributed by atoms with E-state index in [9.17, 15) is 14.3 Å². The number of carbonyl (C=O) groups is 1. The lowest BCUT2D eigenvalue weighted by Crippen LogP contribution is -2.39. The van der Waals surface area contributed by atoms with Crippen LogP contribution >= 0.6 is 0 Å². The van der Waals surface area contributed by atoms with Crippen LogP contribution in [0.1, 0.15) is 54.0 Å². The number of hydrogen-bond acceptors (Lipinski definition) is 8. The van der Waals surface area contributed by atoms with E-state index in [4.69, 9.17) is 24.7 Å². The third-order valence-electron chi connectivity index (χ3n) is 8.15. The molecule has 4 N–H and O–H groups in total. The summed E-state index contributed by atoms with van der Waals surface area (Å²) in [5.74, 6) is 0.287. The van der Waals surface area contributed by atoms with Gasteiger partial charge in [-0.2, -0.15) is 0 Å². The highest BCUT2D eigenvalue weighted by atomic mass is 19.1. The SMILES string of the molecule is C=C(N)[C@@]1(C)COc2c1cc([C@@](C)(O)CNC(=O)c1ccc(-c3conc3C)c(OC3CC3)c1)nc2-c1ccc(F)cc1. The Hall–Kier alpha value is -4.70. The first-order valence-electron chi connectivity index (χ1n) is 14.1. The summed E-state index contributed by atoms with van der Waals surface area (Å²) >= 11 is 0. The standard InChI is InChI=1S/C33H33FN4O5/c1-18-25(15-42-38-18)24-12-7-21(13-27(24)43-23-10-11-23)31(39)36-16-33(4,40)28-14-26-30(41-17-32(26,3)19(2)35)29(37-28)20-5-8-22(34)9-6-20/h5-9,12-15,23,40H,2,10-11,16-17,35H2,1,3-4H3,(H,36,39)/t32-,33+/m1/s1. The van der Waals surface area contributed by atoms with Gasteiger partial charge in [0.25, 0.3) is 5.91 Å². The molecule has 1 aliphatic heterocycles. The fourth-order valence-corrected chi connectivity index (χ4v) is 5.07. The highest BCUT2D eigenvalue weighted by molar-refractivity contribution is 5.95. The normalized spacial score (nSPS) is 18.8. The molecule has 222 valence electrons. The van der Waals surface area contributed by atoms with Crippen LogP contribution in [0.15, 0.2) is 71.6 Å². The summed E-state index contributed by atoms with van der Waals surface area (Å²) in [5.41, 5.74) is 8.98. The first kappa shape index (κ1) is 28.4. The number of fused-ring (bicyclic) bond motifs is 1. The number of ether oxygens (including phenoxy) is 2. The molecule has 9 nitrogen and oxygen atoms in total. The Morgan fingerprint density at radius 2 is 1.98 bits per heavy atom. The number of benzene rings is 2. The van der Waals surface area contributed by atoms with Crippen molar-refractivity contribution < 1.29 is 28.3 Å². The quantitative estimate of drug-likeness (QED) is 0.246. The Bertz CT molecular complexity index is 1730. The van der Waals surface area contributed by atoms with Gasteiger partial charge in [-0.1, -0.05) is 11.7 Å². The van der Waals surface area contributed by atoms with E-state index in [2.05, 4.69) is 17.1 Å². The highest BCUT2D eigenvalue weighted by Gasteiger charge is 2.42. The van der Waals surface area contributed by atoms with Crippen molar-refractivity contribution in [2.24, 2.45) is 5.73 Å². The minimum Gasteiger partial charge on any atom is -0.490 e. The number of nitrogens with two attached hydrogens (primary N) is 1. The van der Waals surface area contributed by atoms with E-state index in [1.54, 1.807) is 43.5 Å². The zero-order valence-corrected chi connectivity index (χ0v) is 24.2. The van der Waals surface area contributed by atoms with Crippen molar-refractivity contribution in [2.75, 3.05) is 13.2 Å². The molecule has 1 fully saturated rings. The molecule has 0 radical (unpaired) electrons. The summed E-state index contributed by atoms with van der Waals surface area (Å²) < 4.78 is 31.0. The van der Waals surface area contributed by atoms with Gasteiger partial charge in [-0.15, -0.1) is 0 Å². The Morgan fingerprint density at radius 1 is 1.23 bits per heavy atom. The number of rotatable bonds is 9. The van der Waals surface area contributed by atoms with Crippen LogP contribution in [-0.4, -0.2) is 40.4 Å². The van der Waals surface area contributed by atoms with Crippen LogP contribution in [0.2, 0.25) is 0 Å². The number of pyridine rings is 1. The molecule has 2 aliphatic rings. The number of amides is 1. The van der Waals surface area contributed by atoms with Gasteiger partial charge in [0.2, 0.25) is 0 Å². The van der Waals surface area contributed by atoms with Crippen molar-refractivity contribution in [3.63, 3.8) is 0 Å². The molecule has 0 unspecified atom stereocenters. The summed E-state index contributed by atoms with van der Waals surface area (Å²) in [4.78, 5) is 18.1. The molecule has 1 saturated carbocycles. The molecule has 0 bridgehead atoms. The maximum atomic E-state index is 13.7. The van der Waals surface area contributed by atoms with Crippen molar-refractivity contribution in [3.8, 4) is 33.9 Å². The van der Waals surface area contributed by atoms with Crippen molar-refractivity contribution >= 4 is 5.91 Å². The second-order valence-corrected chi connectivity index (χ2v) is 11.7. The number of nitrogens with one attached hydrogen (secondary N) is 1. The first-order chi connectivity index (χ1) is 20.5. The van der Waals surface area contributed by atoms with E-state index in [1.165, 1.54) is 12.1 Å². The lowest BCUT2D eigenvalue weighted by Gasteiger charge is -2.27. The summed E-state index contributed by atoms with van der Waals surface area (Å²) in [6.07, 6.45) is 3.58. The molecular formula is C33H33FN4O5. The number of aromatic nitrogens is 2. The third kappa shape index (κ3) is 5.34. The topological polar surface area (TPSA) is 133 Å². The molecule has 1 amide bonds. The average molecular weight is 585 g/mol. The highest BCUT2D eigenvalue weighted by Crippen LogP contribution is 2.47. The zero-order chi connectivity index (χ0) is 30.5. The van der Waals surface area contributed by atoms with E-state index in [0.29, 0.717) is 45.3 Å². The predicted octanol–water partition coefficient (Wildman–Crippen LogP) is 5.15. The average Bonchev–Trinajstić information content (AvgIpc) is 3.59. The van der Waals surface area contributed by atoms with Crippen LogP contribution in [0.4, 0.5) is 4.39 Å². The van der Waals surface area contributed by atoms with Crippen LogP contribution < -0.4 is 20.5 Å². The van der Waals surface area contributed by atoms with Gasteiger partial charge in [0, 0.05) is 33.5 Å². The molecule has 6 rings (SSSR count). The largest absolute Gasteiger partial charge is 0.490 e. The van der Waals surface area contributed by atoms with Crippen LogP contribution in [0, 0.1) is 12.7 Å². The van der Waals surface area contributed by atoms with E-state index in [-0.39, 0.29) is 25.1 Å². The predicted molar refractivity (Wildman–Crippen MR) is 158 cm³/mol. The number of nitrogens with zero attached hydrogens (tertiary/aromatic N) is 2. The number of hydrogen-bond donors (Lipinski definition) is 3. The van der Waals surface area contributed by atoms with Gasteiger partial charge >= 0.3 is 0 Å².